The number of halogens is 4. The van der Waals surface area contributed by atoms with Gasteiger partial charge in [0.15, 0.2) is 11.3 Å². The quantitative estimate of drug-likeness (QED) is 0.692. The highest BCUT2D eigenvalue weighted by Gasteiger charge is 2.61. The first-order valence-electron chi connectivity index (χ1n) is 9.30. The number of nitrogens with zero attached hydrogens (tertiary/aromatic N) is 2. The van der Waals surface area contributed by atoms with Crippen molar-refractivity contribution in [2.24, 2.45) is 16.6 Å². The van der Waals surface area contributed by atoms with Gasteiger partial charge < -0.3 is 15.8 Å². The van der Waals surface area contributed by atoms with E-state index < -0.39 is 42.1 Å². The zero-order valence-electron chi connectivity index (χ0n) is 16.2. The second-order valence-electron chi connectivity index (χ2n) is 7.43. The van der Waals surface area contributed by atoms with E-state index in [4.69, 9.17) is 10.5 Å². The molecular weight excluding hydrogens is 436 g/mol. The molecule has 3 atom stereocenters. The monoisotopic (exact) mass is 454 g/mol. The number of thioether (sulfide) groups is 1. The fraction of sp³-hybridized carbons (Fsp3) is 0.350. The number of nitrogens with one attached hydrogen (secondary N) is 1. The summed E-state index contributed by atoms with van der Waals surface area (Å²) in [5.74, 6) is -2.48. The van der Waals surface area contributed by atoms with Crippen molar-refractivity contribution in [3.63, 3.8) is 0 Å². The van der Waals surface area contributed by atoms with Gasteiger partial charge in [-0.3, -0.25) is 9.78 Å². The third-order valence-corrected chi connectivity index (χ3v) is 6.25. The molecule has 0 radical (unpaired) electrons. The van der Waals surface area contributed by atoms with E-state index in [1.807, 2.05) is 6.92 Å². The molecular formula is C20H18F4N4O2S. The van der Waals surface area contributed by atoms with E-state index in [2.05, 4.69) is 15.3 Å². The van der Waals surface area contributed by atoms with Crippen LogP contribution in [0.2, 0.25) is 0 Å². The molecule has 2 aliphatic rings. The minimum absolute atomic E-state index is 0.0250. The van der Waals surface area contributed by atoms with Crippen molar-refractivity contribution >= 4 is 28.5 Å². The Morgan fingerprint density at radius 3 is 2.77 bits per heavy atom. The van der Waals surface area contributed by atoms with Crippen molar-refractivity contribution in [3.05, 3.63) is 59.2 Å². The number of benzene rings is 1. The summed E-state index contributed by atoms with van der Waals surface area (Å²) in [5, 5.41) is 2.65. The molecule has 164 valence electrons. The van der Waals surface area contributed by atoms with Crippen LogP contribution in [0.1, 0.15) is 21.6 Å². The van der Waals surface area contributed by atoms with Crippen molar-refractivity contribution in [1.29, 1.82) is 0 Å². The van der Waals surface area contributed by atoms with Crippen LogP contribution in [-0.4, -0.2) is 40.7 Å². The van der Waals surface area contributed by atoms with E-state index in [1.165, 1.54) is 24.4 Å². The molecule has 1 amide bonds. The summed E-state index contributed by atoms with van der Waals surface area (Å²) >= 11 is 0.974. The summed E-state index contributed by atoms with van der Waals surface area (Å²) in [4.78, 5) is 20.7. The van der Waals surface area contributed by atoms with Crippen LogP contribution >= 0.6 is 11.8 Å². The molecule has 0 aliphatic carbocycles. The molecule has 3 heterocycles. The summed E-state index contributed by atoms with van der Waals surface area (Å²) in [6.07, 6.45) is -5.20. The minimum atomic E-state index is -4.63. The van der Waals surface area contributed by atoms with Gasteiger partial charge in [0, 0.05) is 29.1 Å². The van der Waals surface area contributed by atoms with Crippen molar-refractivity contribution in [2.45, 2.75) is 24.7 Å². The number of carbonyl (C=O) groups is 1. The van der Waals surface area contributed by atoms with Gasteiger partial charge in [-0.25, -0.2) is 9.38 Å². The fourth-order valence-electron chi connectivity index (χ4n) is 3.83. The highest BCUT2D eigenvalue weighted by atomic mass is 32.2. The van der Waals surface area contributed by atoms with Crippen LogP contribution in [0.25, 0.3) is 0 Å². The van der Waals surface area contributed by atoms with E-state index in [-0.39, 0.29) is 27.9 Å². The number of rotatable bonds is 3. The van der Waals surface area contributed by atoms with Gasteiger partial charge in [0.1, 0.15) is 17.1 Å². The fourth-order valence-corrected chi connectivity index (χ4v) is 4.86. The lowest BCUT2D eigenvalue weighted by atomic mass is 9.78. The predicted molar refractivity (Wildman–Crippen MR) is 108 cm³/mol. The van der Waals surface area contributed by atoms with E-state index in [0.717, 1.165) is 23.4 Å². The number of anilines is 1. The molecule has 11 heteroatoms. The standard InChI is InChI=1S/C20H18F4N4O2S/c1-10-2-5-15(26-7-10)17(29)27-11-3-4-14(21)12(6-11)19-9-30-16(20(22,23)24)13(19)8-31-18(25)28-19/h2-7,13,16H,8-9H2,1H3,(H2,25,28)(H,27,29). The van der Waals surface area contributed by atoms with Crippen molar-refractivity contribution in [2.75, 3.05) is 17.7 Å². The average molecular weight is 454 g/mol. The number of amidine groups is 1. The molecule has 1 aromatic carbocycles. The Morgan fingerprint density at radius 1 is 1.32 bits per heavy atom. The lowest BCUT2D eigenvalue weighted by Gasteiger charge is -2.36. The third kappa shape index (κ3) is 3.99. The van der Waals surface area contributed by atoms with Crippen LogP contribution in [0, 0.1) is 18.7 Å². The van der Waals surface area contributed by atoms with Gasteiger partial charge in [-0.05, 0) is 36.8 Å². The molecule has 4 rings (SSSR count). The molecule has 2 aromatic rings. The second-order valence-corrected chi connectivity index (χ2v) is 8.47. The number of fused-ring (bicyclic) bond motifs is 1. The number of amides is 1. The van der Waals surface area contributed by atoms with Crippen LogP contribution in [-0.2, 0) is 10.3 Å². The number of aliphatic imine (C=N–C) groups is 1. The van der Waals surface area contributed by atoms with Crippen LogP contribution in [0.5, 0.6) is 0 Å². The van der Waals surface area contributed by atoms with Crippen LogP contribution < -0.4 is 11.1 Å². The normalized spacial score (nSPS) is 25.6. The number of hydrogen-bond donors (Lipinski definition) is 2. The van der Waals surface area contributed by atoms with E-state index in [9.17, 15) is 22.4 Å². The van der Waals surface area contributed by atoms with Crippen molar-refractivity contribution < 1.29 is 27.1 Å². The number of aromatic nitrogens is 1. The number of pyridine rings is 1. The van der Waals surface area contributed by atoms with Gasteiger partial charge in [-0.15, -0.1) is 0 Å². The number of hydrogen-bond acceptors (Lipinski definition) is 6. The molecule has 3 N–H and O–H groups in total. The SMILES string of the molecule is Cc1ccc(C(=O)Nc2ccc(F)c(C34COC(C(F)(F)F)C3CSC(N)=N4)c2)nc1. The van der Waals surface area contributed by atoms with Crippen molar-refractivity contribution in [3.8, 4) is 0 Å². The summed E-state index contributed by atoms with van der Waals surface area (Å²) < 4.78 is 60.5. The molecule has 2 aliphatic heterocycles. The molecule has 0 bridgehead atoms. The largest absolute Gasteiger partial charge is 0.415 e. The number of alkyl halides is 3. The van der Waals surface area contributed by atoms with Gasteiger partial charge in [0.2, 0.25) is 0 Å². The van der Waals surface area contributed by atoms with Gasteiger partial charge in [-0.1, -0.05) is 17.8 Å². The molecule has 3 unspecified atom stereocenters. The zero-order valence-corrected chi connectivity index (χ0v) is 17.1. The molecule has 0 saturated carbocycles. The van der Waals surface area contributed by atoms with Crippen LogP contribution in [0.15, 0.2) is 41.5 Å². The molecule has 1 fully saturated rings. The summed E-state index contributed by atoms with van der Waals surface area (Å²) in [7, 11) is 0. The maximum atomic E-state index is 14.9. The first-order chi connectivity index (χ1) is 14.6. The first-order valence-corrected chi connectivity index (χ1v) is 10.3. The molecule has 31 heavy (non-hydrogen) atoms. The molecule has 1 aromatic heterocycles. The third-order valence-electron chi connectivity index (χ3n) is 5.34. The smallest absolute Gasteiger partial charge is 0.379 e. The molecule has 1 saturated heterocycles. The minimum Gasteiger partial charge on any atom is -0.379 e. The molecule has 6 nitrogen and oxygen atoms in total. The maximum Gasteiger partial charge on any atom is 0.415 e. The van der Waals surface area contributed by atoms with Gasteiger partial charge in [-0.2, -0.15) is 13.2 Å². The number of ether oxygens (including phenoxy) is 1. The van der Waals surface area contributed by atoms with Gasteiger partial charge >= 0.3 is 6.18 Å². The lowest BCUT2D eigenvalue weighted by Crippen LogP contribution is -2.46. The summed E-state index contributed by atoms with van der Waals surface area (Å²) in [6.45, 7) is 1.35. The molecule has 0 spiro atoms. The Balaban J connectivity index is 1.71. The Morgan fingerprint density at radius 2 is 2.10 bits per heavy atom. The highest BCUT2D eigenvalue weighted by molar-refractivity contribution is 8.13. The van der Waals surface area contributed by atoms with E-state index in [1.54, 1.807) is 6.07 Å². The Kier molecular flexibility index (Phi) is 5.42. The Bertz CT molecular complexity index is 1040. The second kappa shape index (κ2) is 7.79. The predicted octanol–water partition coefficient (Wildman–Crippen LogP) is 3.62. The topological polar surface area (TPSA) is 89.6 Å². The summed E-state index contributed by atoms with van der Waals surface area (Å²) in [5.41, 5.74) is 5.26. The van der Waals surface area contributed by atoms with Gasteiger partial charge in [0.25, 0.3) is 5.91 Å². The van der Waals surface area contributed by atoms with Crippen LogP contribution in [0.3, 0.4) is 0 Å². The number of carbonyl (C=O) groups excluding carboxylic acids is 1. The Labute approximate surface area is 179 Å². The van der Waals surface area contributed by atoms with E-state index >= 15 is 0 Å². The van der Waals surface area contributed by atoms with E-state index in [0.29, 0.717) is 0 Å². The van der Waals surface area contributed by atoms with Crippen LogP contribution in [0.4, 0.5) is 23.2 Å². The van der Waals surface area contributed by atoms with Crippen molar-refractivity contribution in [1.82, 2.24) is 4.98 Å². The zero-order chi connectivity index (χ0) is 22.4. The number of aryl methyl sites for hydroxylation is 1. The first kappa shape index (κ1) is 21.6. The number of nitrogens with two attached hydrogens (primary N) is 1. The summed E-state index contributed by atoms with van der Waals surface area (Å²) in [6, 6.07) is 6.92. The average Bonchev–Trinajstić information content (AvgIpc) is 3.09. The van der Waals surface area contributed by atoms with Gasteiger partial charge in [0.05, 0.1) is 6.61 Å². The maximum absolute atomic E-state index is 14.9. The highest BCUT2D eigenvalue weighted by Crippen LogP contribution is 2.52. The lowest BCUT2D eigenvalue weighted by molar-refractivity contribution is -0.215. The Hall–Kier alpha value is -2.66.